The van der Waals surface area contributed by atoms with Gasteiger partial charge in [0.15, 0.2) is 11.5 Å². The minimum Gasteiger partial charge on any atom is -0.493 e. The van der Waals surface area contributed by atoms with Gasteiger partial charge < -0.3 is 14.9 Å². The molecule has 0 bridgehead atoms. The summed E-state index contributed by atoms with van der Waals surface area (Å²) in [5.41, 5.74) is 3.69. The van der Waals surface area contributed by atoms with Crippen LogP contribution in [0.15, 0.2) is 24.3 Å². The van der Waals surface area contributed by atoms with E-state index in [1.807, 2.05) is 25.1 Å². The summed E-state index contributed by atoms with van der Waals surface area (Å²) in [5, 5.41) is 0. The molecule has 0 aliphatic heterocycles. The van der Waals surface area contributed by atoms with E-state index in [1.54, 1.807) is 13.2 Å². The Hall–Kier alpha value is -2.34. The van der Waals surface area contributed by atoms with E-state index in [9.17, 15) is 0 Å². The summed E-state index contributed by atoms with van der Waals surface area (Å²) >= 11 is 0. The van der Waals surface area contributed by atoms with Crippen molar-refractivity contribution < 1.29 is 9.47 Å². The third kappa shape index (κ3) is 3.61. The second-order valence-corrected chi connectivity index (χ2v) is 4.45. The lowest BCUT2D eigenvalue weighted by Gasteiger charge is -2.12. The quantitative estimate of drug-likeness (QED) is 0.628. The Labute approximate surface area is 124 Å². The van der Waals surface area contributed by atoms with Gasteiger partial charge in [-0.3, -0.25) is 0 Å². The second-order valence-electron chi connectivity index (χ2n) is 4.45. The molecule has 21 heavy (non-hydrogen) atoms. The summed E-state index contributed by atoms with van der Waals surface area (Å²) in [7, 11) is 1.62. The van der Waals surface area contributed by atoms with Crippen molar-refractivity contribution in [2.24, 2.45) is 5.84 Å². The minimum atomic E-state index is 0.428. The summed E-state index contributed by atoms with van der Waals surface area (Å²) in [6.07, 6.45) is 1.63. The zero-order valence-electron chi connectivity index (χ0n) is 12.5. The van der Waals surface area contributed by atoms with E-state index in [0.29, 0.717) is 35.4 Å². The Bertz CT molecular complexity index is 594. The Morgan fingerprint density at radius 2 is 1.90 bits per heavy atom. The maximum Gasteiger partial charge on any atom is 0.224 e. The average Bonchev–Trinajstić information content (AvgIpc) is 2.54. The zero-order chi connectivity index (χ0) is 15.2. The number of ether oxygens (including phenoxy) is 2. The maximum atomic E-state index is 5.81. The molecule has 0 saturated carbocycles. The molecule has 3 N–H and O–H groups in total. The van der Waals surface area contributed by atoms with Crippen LogP contribution in [0.25, 0.3) is 0 Å². The molecule has 0 aliphatic carbocycles. The van der Waals surface area contributed by atoms with E-state index in [0.717, 1.165) is 6.42 Å². The molecule has 0 atom stereocenters. The number of rotatable bonds is 6. The molecule has 0 radical (unpaired) electrons. The largest absolute Gasteiger partial charge is 0.493 e. The van der Waals surface area contributed by atoms with Gasteiger partial charge in [0.25, 0.3) is 0 Å². The van der Waals surface area contributed by atoms with Crippen molar-refractivity contribution in [3.63, 3.8) is 0 Å². The minimum absolute atomic E-state index is 0.428. The monoisotopic (exact) mass is 288 g/mol. The number of hydrogen-bond donors (Lipinski definition) is 2. The van der Waals surface area contributed by atoms with Crippen molar-refractivity contribution in [1.29, 1.82) is 0 Å². The van der Waals surface area contributed by atoms with E-state index in [4.69, 9.17) is 15.3 Å². The first kappa shape index (κ1) is 15.1. The highest BCUT2D eigenvalue weighted by atomic mass is 16.5. The molecular weight excluding hydrogens is 268 g/mol. The van der Waals surface area contributed by atoms with Gasteiger partial charge >= 0.3 is 0 Å². The van der Waals surface area contributed by atoms with Gasteiger partial charge in [-0.25, -0.2) is 10.8 Å². The number of nitrogen functional groups attached to an aromatic ring is 1. The molecule has 0 saturated heterocycles. The van der Waals surface area contributed by atoms with E-state index < -0.39 is 0 Å². The lowest BCUT2D eigenvalue weighted by Crippen LogP contribution is -2.10. The van der Waals surface area contributed by atoms with Crippen LogP contribution in [0.5, 0.6) is 17.4 Å². The number of hydrazine groups is 1. The molecule has 1 aromatic carbocycles. The van der Waals surface area contributed by atoms with Crippen LogP contribution in [0, 0.1) is 0 Å². The summed E-state index contributed by atoms with van der Waals surface area (Å²) in [5.74, 6) is 8.29. The predicted octanol–water partition coefficient (Wildman–Crippen LogP) is 2.69. The van der Waals surface area contributed by atoms with Gasteiger partial charge in [0.2, 0.25) is 5.88 Å². The van der Waals surface area contributed by atoms with Crippen molar-refractivity contribution in [2.45, 2.75) is 26.7 Å². The molecule has 1 heterocycles. The zero-order valence-corrected chi connectivity index (χ0v) is 12.5. The third-order valence-electron chi connectivity index (χ3n) is 3.06. The molecule has 6 heteroatoms. The SMILES string of the molecule is CCc1ccc(Oc2cc(NN)nc(CC)n2)c(OC)c1. The highest BCUT2D eigenvalue weighted by molar-refractivity contribution is 5.46. The normalized spacial score (nSPS) is 10.3. The number of anilines is 1. The Balaban J connectivity index is 2.33. The number of methoxy groups -OCH3 is 1. The van der Waals surface area contributed by atoms with E-state index >= 15 is 0 Å². The average molecular weight is 288 g/mol. The van der Waals surface area contributed by atoms with E-state index in [2.05, 4.69) is 22.3 Å². The van der Waals surface area contributed by atoms with Crippen molar-refractivity contribution >= 4 is 5.82 Å². The fourth-order valence-corrected chi connectivity index (χ4v) is 1.89. The van der Waals surface area contributed by atoms with Gasteiger partial charge in [-0.15, -0.1) is 0 Å². The highest BCUT2D eigenvalue weighted by Crippen LogP contribution is 2.32. The molecule has 0 spiro atoms. The molecule has 112 valence electrons. The summed E-state index contributed by atoms with van der Waals surface area (Å²) < 4.78 is 11.2. The fourth-order valence-electron chi connectivity index (χ4n) is 1.89. The van der Waals surface area contributed by atoms with Crippen molar-refractivity contribution in [3.8, 4) is 17.4 Å². The lowest BCUT2D eigenvalue weighted by atomic mass is 10.1. The summed E-state index contributed by atoms with van der Waals surface area (Å²) in [6, 6.07) is 7.48. The summed E-state index contributed by atoms with van der Waals surface area (Å²) in [4.78, 5) is 8.55. The number of aromatic nitrogens is 2. The molecule has 2 aromatic rings. The fraction of sp³-hybridized carbons (Fsp3) is 0.333. The smallest absolute Gasteiger partial charge is 0.224 e. The van der Waals surface area contributed by atoms with Gasteiger partial charge in [-0.1, -0.05) is 19.9 Å². The standard InChI is InChI=1S/C15H20N4O2/c1-4-10-6-7-11(12(8-10)20-3)21-15-9-14(19-16)17-13(5-2)18-15/h6-9H,4-5,16H2,1-3H3,(H,17,18,19). The van der Waals surface area contributed by atoms with Crippen LogP contribution < -0.4 is 20.7 Å². The van der Waals surface area contributed by atoms with E-state index in [1.165, 1.54) is 5.56 Å². The first-order chi connectivity index (χ1) is 10.2. The molecule has 0 fully saturated rings. The number of nitrogens with two attached hydrogens (primary N) is 1. The predicted molar refractivity (Wildman–Crippen MR) is 81.7 cm³/mol. The first-order valence-corrected chi connectivity index (χ1v) is 6.89. The highest BCUT2D eigenvalue weighted by Gasteiger charge is 2.10. The Kier molecular flexibility index (Phi) is 4.94. The molecule has 2 rings (SSSR count). The molecule has 0 aliphatic rings. The topological polar surface area (TPSA) is 82.3 Å². The lowest BCUT2D eigenvalue weighted by molar-refractivity contribution is 0.373. The van der Waals surface area contributed by atoms with E-state index in [-0.39, 0.29) is 0 Å². The van der Waals surface area contributed by atoms with Crippen LogP contribution in [-0.4, -0.2) is 17.1 Å². The third-order valence-corrected chi connectivity index (χ3v) is 3.06. The van der Waals surface area contributed by atoms with Crippen LogP contribution in [0.2, 0.25) is 0 Å². The molecule has 0 amide bonds. The second kappa shape index (κ2) is 6.90. The van der Waals surface area contributed by atoms with Gasteiger partial charge in [0.05, 0.1) is 7.11 Å². The number of nitrogens with zero attached hydrogens (tertiary/aromatic N) is 2. The molecule has 1 aromatic heterocycles. The first-order valence-electron chi connectivity index (χ1n) is 6.89. The Morgan fingerprint density at radius 3 is 2.52 bits per heavy atom. The maximum absolute atomic E-state index is 5.81. The Morgan fingerprint density at radius 1 is 1.10 bits per heavy atom. The van der Waals surface area contributed by atoms with Gasteiger partial charge in [0.1, 0.15) is 11.6 Å². The van der Waals surface area contributed by atoms with Crippen LogP contribution in [-0.2, 0) is 12.8 Å². The van der Waals surface area contributed by atoms with Crippen molar-refractivity contribution in [2.75, 3.05) is 12.5 Å². The van der Waals surface area contributed by atoms with Crippen LogP contribution in [0.4, 0.5) is 5.82 Å². The number of benzene rings is 1. The van der Waals surface area contributed by atoms with Gasteiger partial charge in [-0.05, 0) is 24.1 Å². The molecular formula is C15H20N4O2. The number of nitrogens with one attached hydrogen (secondary N) is 1. The number of aryl methyl sites for hydroxylation is 2. The van der Waals surface area contributed by atoms with Crippen LogP contribution in [0.1, 0.15) is 25.2 Å². The number of hydrogen-bond acceptors (Lipinski definition) is 6. The van der Waals surface area contributed by atoms with Crippen LogP contribution in [0.3, 0.4) is 0 Å². The van der Waals surface area contributed by atoms with Crippen LogP contribution >= 0.6 is 0 Å². The molecule has 6 nitrogen and oxygen atoms in total. The summed E-state index contributed by atoms with van der Waals surface area (Å²) in [6.45, 7) is 4.06. The van der Waals surface area contributed by atoms with Crippen molar-refractivity contribution in [3.05, 3.63) is 35.7 Å². The van der Waals surface area contributed by atoms with Crippen molar-refractivity contribution in [1.82, 2.24) is 9.97 Å². The molecule has 0 unspecified atom stereocenters. The van der Waals surface area contributed by atoms with Gasteiger partial charge in [0, 0.05) is 12.5 Å². The van der Waals surface area contributed by atoms with Gasteiger partial charge in [-0.2, -0.15) is 4.98 Å².